The molecule has 22 heavy (non-hydrogen) atoms. The molecule has 2 N–H and O–H groups in total. The van der Waals surface area contributed by atoms with Crippen LogP contribution in [0.3, 0.4) is 0 Å². The van der Waals surface area contributed by atoms with Crippen molar-refractivity contribution < 1.29 is 18.8 Å². The standard InChI is InChI=1S/C17H19BF2O2/c1-2-3-4-7-12-10-15(19)17(16(20)11-12)13-8-5-6-9-14(13)18(21)22/h5-6,8-11,21-22H,2-4,7H2,1H3. The van der Waals surface area contributed by atoms with E-state index in [1.54, 1.807) is 12.1 Å². The van der Waals surface area contributed by atoms with E-state index in [1.165, 1.54) is 24.3 Å². The van der Waals surface area contributed by atoms with E-state index in [1.807, 2.05) is 0 Å². The second-order valence-electron chi connectivity index (χ2n) is 5.35. The average molecular weight is 304 g/mol. The number of aryl methyl sites for hydroxylation is 1. The largest absolute Gasteiger partial charge is 0.489 e. The van der Waals surface area contributed by atoms with Crippen LogP contribution in [-0.2, 0) is 6.42 Å². The van der Waals surface area contributed by atoms with Gasteiger partial charge in [0.25, 0.3) is 0 Å². The van der Waals surface area contributed by atoms with Gasteiger partial charge < -0.3 is 10.0 Å². The number of hydrogen-bond donors (Lipinski definition) is 2. The first-order chi connectivity index (χ1) is 10.5. The molecular formula is C17H19BF2O2. The third-order valence-corrected chi connectivity index (χ3v) is 3.68. The van der Waals surface area contributed by atoms with Crippen LogP contribution >= 0.6 is 0 Å². The van der Waals surface area contributed by atoms with Crippen LogP contribution in [0.15, 0.2) is 36.4 Å². The Bertz CT molecular complexity index is 621. The molecule has 2 nitrogen and oxygen atoms in total. The van der Waals surface area contributed by atoms with E-state index in [0.29, 0.717) is 12.0 Å². The molecule has 116 valence electrons. The molecule has 0 aliphatic carbocycles. The Labute approximate surface area is 129 Å². The zero-order chi connectivity index (χ0) is 16.1. The van der Waals surface area contributed by atoms with Gasteiger partial charge in [-0.25, -0.2) is 8.78 Å². The topological polar surface area (TPSA) is 40.5 Å². The smallest absolute Gasteiger partial charge is 0.423 e. The van der Waals surface area contributed by atoms with Crippen molar-refractivity contribution >= 4 is 12.6 Å². The van der Waals surface area contributed by atoms with Crippen LogP contribution in [0, 0.1) is 11.6 Å². The number of halogens is 2. The Morgan fingerprint density at radius 2 is 1.64 bits per heavy atom. The van der Waals surface area contributed by atoms with E-state index in [0.717, 1.165) is 19.3 Å². The van der Waals surface area contributed by atoms with Gasteiger partial charge in [0.05, 0.1) is 5.56 Å². The van der Waals surface area contributed by atoms with Crippen molar-refractivity contribution in [2.24, 2.45) is 0 Å². The lowest BCUT2D eigenvalue weighted by Crippen LogP contribution is -2.31. The predicted molar refractivity (Wildman–Crippen MR) is 84.8 cm³/mol. The lowest BCUT2D eigenvalue weighted by Gasteiger charge is -2.12. The van der Waals surface area contributed by atoms with Crippen molar-refractivity contribution in [3.8, 4) is 11.1 Å². The molecule has 0 fully saturated rings. The molecule has 0 bridgehead atoms. The van der Waals surface area contributed by atoms with E-state index >= 15 is 0 Å². The van der Waals surface area contributed by atoms with Crippen molar-refractivity contribution in [2.45, 2.75) is 32.6 Å². The van der Waals surface area contributed by atoms with Crippen molar-refractivity contribution in [2.75, 3.05) is 0 Å². The highest BCUT2D eigenvalue weighted by molar-refractivity contribution is 6.60. The highest BCUT2D eigenvalue weighted by Crippen LogP contribution is 2.27. The van der Waals surface area contributed by atoms with E-state index < -0.39 is 18.8 Å². The van der Waals surface area contributed by atoms with Gasteiger partial charge >= 0.3 is 7.12 Å². The molecule has 0 amide bonds. The van der Waals surface area contributed by atoms with Gasteiger partial charge in [0.15, 0.2) is 0 Å². The first-order valence-corrected chi connectivity index (χ1v) is 7.48. The van der Waals surface area contributed by atoms with Crippen LogP contribution in [-0.4, -0.2) is 17.2 Å². The van der Waals surface area contributed by atoms with E-state index in [2.05, 4.69) is 6.92 Å². The van der Waals surface area contributed by atoms with Gasteiger partial charge in [0.1, 0.15) is 11.6 Å². The van der Waals surface area contributed by atoms with Crippen LogP contribution < -0.4 is 5.46 Å². The fourth-order valence-electron chi connectivity index (χ4n) is 2.56. The Kier molecular flexibility index (Phi) is 5.69. The summed E-state index contributed by atoms with van der Waals surface area (Å²) >= 11 is 0. The molecule has 2 aromatic rings. The Hall–Kier alpha value is -1.72. The first kappa shape index (κ1) is 16.7. The molecule has 5 heteroatoms. The van der Waals surface area contributed by atoms with Gasteiger partial charge in [-0.2, -0.15) is 0 Å². The molecule has 2 rings (SSSR count). The van der Waals surface area contributed by atoms with Crippen molar-refractivity contribution in [3.05, 3.63) is 53.6 Å². The van der Waals surface area contributed by atoms with Crippen LogP contribution in [0.4, 0.5) is 8.78 Å². The van der Waals surface area contributed by atoms with Gasteiger partial charge in [0, 0.05) is 0 Å². The van der Waals surface area contributed by atoms with Crippen molar-refractivity contribution in [1.82, 2.24) is 0 Å². The summed E-state index contributed by atoms with van der Waals surface area (Å²) in [5.74, 6) is -1.36. The lowest BCUT2D eigenvalue weighted by atomic mass is 9.75. The van der Waals surface area contributed by atoms with Gasteiger partial charge in [-0.1, -0.05) is 44.0 Å². The maximum Gasteiger partial charge on any atom is 0.489 e. The van der Waals surface area contributed by atoms with Gasteiger partial charge in [-0.05, 0) is 41.6 Å². The zero-order valence-corrected chi connectivity index (χ0v) is 12.5. The first-order valence-electron chi connectivity index (χ1n) is 7.48. The third-order valence-electron chi connectivity index (χ3n) is 3.68. The summed E-state index contributed by atoms with van der Waals surface area (Å²) in [5.41, 5.74) is 0.642. The quantitative estimate of drug-likeness (QED) is 0.636. The predicted octanol–water partition coefficient (Wildman–Crippen LogP) is 3.04. The Balaban J connectivity index is 2.41. The van der Waals surface area contributed by atoms with Crippen LogP contribution in [0.1, 0.15) is 31.7 Å². The van der Waals surface area contributed by atoms with E-state index in [-0.39, 0.29) is 16.6 Å². The van der Waals surface area contributed by atoms with Gasteiger partial charge in [-0.3, -0.25) is 0 Å². The molecule has 0 atom stereocenters. The second-order valence-corrected chi connectivity index (χ2v) is 5.35. The molecular weight excluding hydrogens is 285 g/mol. The highest BCUT2D eigenvalue weighted by atomic mass is 19.1. The van der Waals surface area contributed by atoms with Crippen LogP contribution in [0.5, 0.6) is 0 Å². The second kappa shape index (κ2) is 7.52. The van der Waals surface area contributed by atoms with Crippen molar-refractivity contribution in [3.63, 3.8) is 0 Å². The number of benzene rings is 2. The molecule has 0 aliphatic rings. The van der Waals surface area contributed by atoms with Gasteiger partial charge in [-0.15, -0.1) is 0 Å². The number of unbranched alkanes of at least 4 members (excludes halogenated alkanes) is 2. The normalized spacial score (nSPS) is 10.8. The van der Waals surface area contributed by atoms with Gasteiger partial charge in [0.2, 0.25) is 0 Å². The molecule has 0 spiro atoms. The molecule has 0 aliphatic heterocycles. The molecule has 0 saturated carbocycles. The summed E-state index contributed by atoms with van der Waals surface area (Å²) in [6.45, 7) is 2.07. The monoisotopic (exact) mass is 304 g/mol. The highest BCUT2D eigenvalue weighted by Gasteiger charge is 2.21. The summed E-state index contributed by atoms with van der Waals surface area (Å²) in [7, 11) is -1.78. The maximum atomic E-state index is 14.3. The average Bonchev–Trinajstić information content (AvgIpc) is 2.47. The summed E-state index contributed by atoms with van der Waals surface area (Å²) < 4.78 is 28.7. The summed E-state index contributed by atoms with van der Waals surface area (Å²) in [6, 6.07) is 8.77. The zero-order valence-electron chi connectivity index (χ0n) is 12.5. The van der Waals surface area contributed by atoms with Crippen LogP contribution in [0.25, 0.3) is 11.1 Å². The SMILES string of the molecule is CCCCCc1cc(F)c(-c2ccccc2B(O)O)c(F)c1. The molecule has 0 saturated heterocycles. The maximum absolute atomic E-state index is 14.3. The Morgan fingerprint density at radius 1 is 1.00 bits per heavy atom. The fraction of sp³-hybridized carbons (Fsp3) is 0.294. The fourth-order valence-corrected chi connectivity index (χ4v) is 2.56. The Morgan fingerprint density at radius 3 is 2.23 bits per heavy atom. The molecule has 0 radical (unpaired) electrons. The van der Waals surface area contributed by atoms with E-state index in [9.17, 15) is 18.8 Å². The third kappa shape index (κ3) is 3.73. The van der Waals surface area contributed by atoms with E-state index in [4.69, 9.17) is 0 Å². The number of hydrogen-bond acceptors (Lipinski definition) is 2. The van der Waals surface area contributed by atoms with Crippen molar-refractivity contribution in [1.29, 1.82) is 0 Å². The minimum absolute atomic E-state index is 0.0824. The minimum atomic E-state index is -1.78. The van der Waals surface area contributed by atoms with Crippen LogP contribution in [0.2, 0.25) is 0 Å². The molecule has 2 aromatic carbocycles. The molecule has 0 heterocycles. The lowest BCUT2D eigenvalue weighted by molar-refractivity contribution is 0.426. The summed E-state index contributed by atoms with van der Waals surface area (Å²) in [6.07, 6.45) is 3.59. The summed E-state index contributed by atoms with van der Waals surface area (Å²) in [4.78, 5) is 0. The number of rotatable bonds is 6. The minimum Gasteiger partial charge on any atom is -0.423 e. The molecule has 0 unspecified atom stereocenters. The molecule has 0 aromatic heterocycles. The summed E-state index contributed by atoms with van der Waals surface area (Å²) in [5, 5.41) is 18.7.